The van der Waals surface area contributed by atoms with E-state index in [4.69, 9.17) is 5.73 Å². The zero-order chi connectivity index (χ0) is 19.8. The highest BCUT2D eigenvalue weighted by atomic mass is 16.2. The predicted octanol–water partition coefficient (Wildman–Crippen LogP) is 1.18. The molecule has 0 aromatic carbocycles. The van der Waals surface area contributed by atoms with Crippen molar-refractivity contribution in [1.82, 2.24) is 19.4 Å². The topological polar surface area (TPSA) is 114 Å². The van der Waals surface area contributed by atoms with Crippen molar-refractivity contribution < 1.29 is 4.79 Å². The van der Waals surface area contributed by atoms with E-state index in [1.165, 1.54) is 4.57 Å². The molecular formula is C20H27N5O3. The van der Waals surface area contributed by atoms with Crippen LogP contribution in [0, 0.1) is 5.92 Å². The third-order valence-electron chi connectivity index (χ3n) is 5.88. The number of hydrogen-bond donors (Lipinski definition) is 2. The van der Waals surface area contributed by atoms with E-state index in [2.05, 4.69) is 9.97 Å². The Kier molecular flexibility index (Phi) is 5.05. The van der Waals surface area contributed by atoms with Gasteiger partial charge in [-0.15, -0.1) is 0 Å². The first-order chi connectivity index (χ1) is 13.5. The molecule has 4 rings (SSSR count). The van der Waals surface area contributed by atoms with Crippen LogP contribution in [0.5, 0.6) is 0 Å². The fourth-order valence-electron chi connectivity index (χ4n) is 4.02. The lowest BCUT2D eigenvalue weighted by Gasteiger charge is -2.31. The molecule has 28 heavy (non-hydrogen) atoms. The van der Waals surface area contributed by atoms with E-state index in [0.717, 1.165) is 37.8 Å². The highest BCUT2D eigenvalue weighted by molar-refractivity contribution is 6.05. The second-order valence-electron chi connectivity index (χ2n) is 7.95. The number of aromatic nitrogens is 3. The number of carbonyl (C=O) groups excluding carboxylic acids is 1. The maximum atomic E-state index is 13.3. The van der Waals surface area contributed by atoms with Crippen LogP contribution in [0.15, 0.2) is 15.7 Å². The summed E-state index contributed by atoms with van der Waals surface area (Å²) in [5.74, 6) is 0.596. The zero-order valence-electron chi connectivity index (χ0n) is 16.2. The molecule has 2 aromatic rings. The third-order valence-corrected chi connectivity index (χ3v) is 5.88. The van der Waals surface area contributed by atoms with Gasteiger partial charge in [0.05, 0.1) is 10.9 Å². The van der Waals surface area contributed by atoms with Crippen LogP contribution in [0.4, 0.5) is 0 Å². The molecule has 3 N–H and O–H groups in total. The molecule has 0 atom stereocenters. The van der Waals surface area contributed by atoms with Crippen LogP contribution < -0.4 is 17.0 Å². The number of nitrogens with two attached hydrogens (primary N) is 1. The van der Waals surface area contributed by atoms with E-state index in [-0.39, 0.29) is 11.3 Å². The smallest absolute Gasteiger partial charge is 0.329 e. The average molecular weight is 385 g/mol. The summed E-state index contributed by atoms with van der Waals surface area (Å²) in [6.45, 7) is 4.31. The summed E-state index contributed by atoms with van der Waals surface area (Å²) in [4.78, 5) is 47.2. The number of piperidine rings is 1. The molecular weight excluding hydrogens is 358 g/mol. The van der Waals surface area contributed by atoms with Gasteiger partial charge in [0.1, 0.15) is 0 Å². The number of H-pyrrole nitrogens is 1. The van der Waals surface area contributed by atoms with Gasteiger partial charge >= 0.3 is 5.69 Å². The maximum Gasteiger partial charge on any atom is 0.329 e. The van der Waals surface area contributed by atoms with Crippen LogP contribution in [-0.2, 0) is 6.54 Å². The molecule has 2 fully saturated rings. The van der Waals surface area contributed by atoms with E-state index < -0.39 is 11.2 Å². The standard InChI is InChI=1S/C20H27N5O3/c1-2-7-25-17-16(18(26)23-20(25)28)14(10-15(22-17)13-3-4-13)19(27)24-8-5-12(11-21)6-9-24/h10,12-13H,2-9,11,21H2,1H3,(H,23,26,28). The quantitative estimate of drug-likeness (QED) is 0.802. The summed E-state index contributed by atoms with van der Waals surface area (Å²) in [6, 6.07) is 1.77. The molecule has 1 amide bonds. The number of amides is 1. The van der Waals surface area contributed by atoms with Gasteiger partial charge in [-0.05, 0) is 50.6 Å². The molecule has 0 bridgehead atoms. The first-order valence-corrected chi connectivity index (χ1v) is 10.2. The van der Waals surface area contributed by atoms with Crippen molar-refractivity contribution in [2.24, 2.45) is 11.7 Å². The number of fused-ring (bicyclic) bond motifs is 1. The lowest BCUT2D eigenvalue weighted by Crippen LogP contribution is -2.41. The summed E-state index contributed by atoms with van der Waals surface area (Å²) in [7, 11) is 0. The second kappa shape index (κ2) is 7.50. The first kappa shape index (κ1) is 18.9. The van der Waals surface area contributed by atoms with Crippen LogP contribution in [0.2, 0.25) is 0 Å². The first-order valence-electron chi connectivity index (χ1n) is 10.2. The van der Waals surface area contributed by atoms with E-state index in [9.17, 15) is 14.4 Å². The molecule has 0 radical (unpaired) electrons. The minimum atomic E-state index is -0.539. The number of nitrogens with zero attached hydrogens (tertiary/aromatic N) is 3. The van der Waals surface area contributed by atoms with E-state index >= 15 is 0 Å². The van der Waals surface area contributed by atoms with Crippen molar-refractivity contribution in [2.45, 2.75) is 51.5 Å². The summed E-state index contributed by atoms with van der Waals surface area (Å²) in [5.41, 5.74) is 6.26. The zero-order valence-corrected chi connectivity index (χ0v) is 16.2. The Morgan fingerprint density at radius 1 is 1.25 bits per heavy atom. The Morgan fingerprint density at radius 3 is 2.57 bits per heavy atom. The van der Waals surface area contributed by atoms with Gasteiger partial charge < -0.3 is 10.6 Å². The summed E-state index contributed by atoms with van der Waals surface area (Å²) in [5, 5.41) is 0.225. The van der Waals surface area contributed by atoms with Gasteiger partial charge in [-0.1, -0.05) is 6.92 Å². The van der Waals surface area contributed by atoms with Crippen LogP contribution in [0.3, 0.4) is 0 Å². The number of likely N-dealkylation sites (tertiary alicyclic amines) is 1. The van der Waals surface area contributed by atoms with Gasteiger partial charge in [-0.25, -0.2) is 9.78 Å². The number of hydrogen-bond acceptors (Lipinski definition) is 5. The second-order valence-corrected chi connectivity index (χ2v) is 7.95. The number of nitrogens with one attached hydrogen (secondary N) is 1. The van der Waals surface area contributed by atoms with E-state index in [1.807, 2.05) is 6.92 Å². The maximum absolute atomic E-state index is 13.3. The fourth-order valence-corrected chi connectivity index (χ4v) is 4.02. The van der Waals surface area contributed by atoms with E-state index in [1.54, 1.807) is 11.0 Å². The third kappa shape index (κ3) is 3.37. The Bertz CT molecular complexity index is 1010. The van der Waals surface area contributed by atoms with Crippen molar-refractivity contribution in [3.8, 4) is 0 Å². The number of aryl methyl sites for hydroxylation is 1. The largest absolute Gasteiger partial charge is 0.339 e. The van der Waals surface area contributed by atoms with Gasteiger partial charge in [0, 0.05) is 31.2 Å². The van der Waals surface area contributed by atoms with E-state index in [0.29, 0.717) is 49.2 Å². The highest BCUT2D eigenvalue weighted by Gasteiger charge is 2.31. The van der Waals surface area contributed by atoms with Crippen LogP contribution in [-0.4, -0.2) is 45.0 Å². The van der Waals surface area contributed by atoms with Crippen LogP contribution >= 0.6 is 0 Å². The minimum Gasteiger partial charge on any atom is -0.339 e. The number of aromatic amines is 1. The Morgan fingerprint density at radius 2 is 1.96 bits per heavy atom. The molecule has 2 aliphatic rings. The van der Waals surface area contributed by atoms with Crippen molar-refractivity contribution in [3.05, 3.63) is 38.2 Å². The predicted molar refractivity (Wildman–Crippen MR) is 107 cm³/mol. The van der Waals surface area contributed by atoms with Gasteiger partial charge in [-0.2, -0.15) is 0 Å². The Balaban J connectivity index is 1.85. The molecule has 8 heteroatoms. The molecule has 8 nitrogen and oxygen atoms in total. The molecule has 1 saturated carbocycles. The van der Waals surface area contributed by atoms with Gasteiger partial charge in [0.25, 0.3) is 11.5 Å². The lowest BCUT2D eigenvalue weighted by atomic mass is 9.96. The number of rotatable bonds is 5. The molecule has 1 aliphatic carbocycles. The van der Waals surface area contributed by atoms with Crippen molar-refractivity contribution >= 4 is 16.9 Å². The van der Waals surface area contributed by atoms with Crippen molar-refractivity contribution in [2.75, 3.05) is 19.6 Å². The monoisotopic (exact) mass is 385 g/mol. The molecule has 2 aromatic heterocycles. The molecule has 0 unspecified atom stereocenters. The SMILES string of the molecule is CCCn1c(=O)[nH]c(=O)c2c(C(=O)N3CCC(CN)CC3)cc(C3CC3)nc21. The Hall–Kier alpha value is -2.48. The molecule has 1 saturated heterocycles. The average Bonchev–Trinajstić information content (AvgIpc) is 3.55. The van der Waals surface area contributed by atoms with Crippen molar-refractivity contribution in [3.63, 3.8) is 0 Å². The summed E-state index contributed by atoms with van der Waals surface area (Å²) >= 11 is 0. The normalized spacial score (nSPS) is 18.0. The highest BCUT2D eigenvalue weighted by Crippen LogP contribution is 2.40. The molecule has 1 aliphatic heterocycles. The summed E-state index contributed by atoms with van der Waals surface area (Å²) < 4.78 is 1.49. The van der Waals surface area contributed by atoms with Gasteiger partial charge in [0.2, 0.25) is 0 Å². The number of pyridine rings is 1. The summed E-state index contributed by atoms with van der Waals surface area (Å²) in [6.07, 6.45) is 4.52. The molecule has 3 heterocycles. The van der Waals surface area contributed by atoms with Crippen molar-refractivity contribution in [1.29, 1.82) is 0 Å². The molecule has 150 valence electrons. The van der Waals surface area contributed by atoms with Gasteiger partial charge in [-0.3, -0.25) is 19.1 Å². The lowest BCUT2D eigenvalue weighted by molar-refractivity contribution is 0.0695. The number of carbonyl (C=O) groups is 1. The van der Waals surface area contributed by atoms with Crippen LogP contribution in [0.1, 0.15) is 61.0 Å². The fraction of sp³-hybridized carbons (Fsp3) is 0.600. The van der Waals surface area contributed by atoms with Gasteiger partial charge in [0.15, 0.2) is 5.65 Å². The van der Waals surface area contributed by atoms with Crippen LogP contribution in [0.25, 0.3) is 11.0 Å². The molecule has 0 spiro atoms. The minimum absolute atomic E-state index is 0.156. The Labute approximate surface area is 162 Å².